The van der Waals surface area contributed by atoms with Crippen LogP contribution in [0.15, 0.2) is 205 Å². The normalized spacial score (nSPS) is 13.1. The van der Waals surface area contributed by atoms with E-state index in [4.69, 9.17) is 9.40 Å². The Bertz CT molecular complexity index is 3650. The molecule has 0 saturated carbocycles. The van der Waals surface area contributed by atoms with E-state index in [0.717, 1.165) is 66.7 Å². The third kappa shape index (κ3) is 5.04. The molecule has 1 aliphatic rings. The maximum Gasteiger partial charge on any atom is 0.227 e. The van der Waals surface area contributed by atoms with Gasteiger partial charge >= 0.3 is 0 Å². The molecule has 1 aliphatic carbocycles. The fourth-order valence-electron chi connectivity index (χ4n) is 10.4. The number of rotatable bonds is 6. The highest BCUT2D eigenvalue weighted by Gasteiger charge is 2.36. The number of anilines is 3. The number of benzene rings is 9. The smallest absolute Gasteiger partial charge is 0.227 e. The summed E-state index contributed by atoms with van der Waals surface area (Å²) in [5.74, 6) is 0.625. The molecule has 0 aliphatic heterocycles. The minimum atomic E-state index is -0.165. The lowest BCUT2D eigenvalue weighted by atomic mass is 9.82. The van der Waals surface area contributed by atoms with Crippen molar-refractivity contribution in [2.45, 2.75) is 19.3 Å². The zero-order valence-corrected chi connectivity index (χ0v) is 34.3. The van der Waals surface area contributed by atoms with Crippen molar-refractivity contribution in [1.29, 1.82) is 0 Å². The van der Waals surface area contributed by atoms with Gasteiger partial charge in [-0.3, -0.25) is 0 Å². The zero-order valence-electron chi connectivity index (χ0n) is 34.3. The fourth-order valence-corrected chi connectivity index (χ4v) is 10.4. The Hall–Kier alpha value is -7.95. The van der Waals surface area contributed by atoms with Gasteiger partial charge < -0.3 is 13.7 Å². The second kappa shape index (κ2) is 13.0. The standard InChI is InChI=1S/C58H39N3O/c1-58(2)49-24-14-12-22-44(49)45-28-26-42(34-50(45)58)60(43-31-39(36-16-6-3-7-17-36)30-40(32-43)37-18-8-4-9-19-37)41-27-29-53-48(33-41)54-55-47(46-23-13-15-25-52(46)61(53)55)35-51-56(54)62-57(59-51)38-20-10-5-11-21-38/h3-35H,1-2H3. The van der Waals surface area contributed by atoms with Crippen molar-refractivity contribution in [1.82, 2.24) is 9.38 Å². The van der Waals surface area contributed by atoms with Crippen LogP contribution in [-0.2, 0) is 5.41 Å². The van der Waals surface area contributed by atoms with E-state index in [2.05, 4.69) is 205 Å². The summed E-state index contributed by atoms with van der Waals surface area (Å²) in [5.41, 5.74) is 19.1. The lowest BCUT2D eigenvalue weighted by molar-refractivity contribution is 0.623. The number of fused-ring (bicyclic) bond motifs is 11. The van der Waals surface area contributed by atoms with E-state index in [9.17, 15) is 0 Å². The second-order valence-corrected chi connectivity index (χ2v) is 17.2. The topological polar surface area (TPSA) is 33.7 Å². The van der Waals surface area contributed by atoms with E-state index in [-0.39, 0.29) is 5.41 Å². The van der Waals surface area contributed by atoms with Crippen LogP contribution in [0.25, 0.3) is 94.0 Å². The Morgan fingerprint density at radius 3 is 1.79 bits per heavy atom. The average molecular weight is 794 g/mol. The fraction of sp³-hybridized carbons (Fsp3) is 0.0517. The molecule has 9 aromatic carbocycles. The lowest BCUT2D eigenvalue weighted by Crippen LogP contribution is -2.16. The molecule has 292 valence electrons. The Labute approximate surface area is 358 Å². The molecule has 0 fully saturated rings. The molecule has 0 atom stereocenters. The molecule has 4 nitrogen and oxygen atoms in total. The van der Waals surface area contributed by atoms with Gasteiger partial charge in [0, 0.05) is 44.2 Å². The Balaban J connectivity index is 1.11. The first-order chi connectivity index (χ1) is 30.5. The molecule has 0 N–H and O–H groups in total. The van der Waals surface area contributed by atoms with Gasteiger partial charge in [-0.15, -0.1) is 0 Å². The van der Waals surface area contributed by atoms with Crippen molar-refractivity contribution < 1.29 is 4.42 Å². The average Bonchev–Trinajstić information content (AvgIpc) is 4.06. The molecule has 3 aromatic heterocycles. The summed E-state index contributed by atoms with van der Waals surface area (Å²) < 4.78 is 9.26. The summed E-state index contributed by atoms with van der Waals surface area (Å²) >= 11 is 0. The van der Waals surface area contributed by atoms with Gasteiger partial charge in [0.15, 0.2) is 5.58 Å². The van der Waals surface area contributed by atoms with Gasteiger partial charge in [-0.25, -0.2) is 4.98 Å². The minimum absolute atomic E-state index is 0.165. The van der Waals surface area contributed by atoms with Crippen LogP contribution in [0.2, 0.25) is 0 Å². The van der Waals surface area contributed by atoms with Crippen molar-refractivity contribution in [2.24, 2.45) is 0 Å². The molecule has 3 heterocycles. The van der Waals surface area contributed by atoms with Crippen molar-refractivity contribution >= 4 is 66.3 Å². The molecule has 0 amide bonds. The summed E-state index contributed by atoms with van der Waals surface area (Å²) in [5, 5.41) is 4.58. The minimum Gasteiger partial charge on any atom is -0.435 e. The van der Waals surface area contributed by atoms with E-state index in [1.807, 2.05) is 18.2 Å². The van der Waals surface area contributed by atoms with E-state index >= 15 is 0 Å². The largest absolute Gasteiger partial charge is 0.435 e. The zero-order chi connectivity index (χ0) is 41.1. The van der Waals surface area contributed by atoms with Gasteiger partial charge in [-0.05, 0) is 117 Å². The van der Waals surface area contributed by atoms with Crippen LogP contribution in [0.4, 0.5) is 17.1 Å². The molecule has 12 aromatic rings. The molecule has 62 heavy (non-hydrogen) atoms. The van der Waals surface area contributed by atoms with Crippen molar-refractivity contribution in [3.8, 4) is 44.8 Å². The van der Waals surface area contributed by atoms with Crippen LogP contribution in [0.3, 0.4) is 0 Å². The predicted molar refractivity (Wildman–Crippen MR) is 257 cm³/mol. The monoisotopic (exact) mass is 793 g/mol. The van der Waals surface area contributed by atoms with Crippen molar-refractivity contribution in [3.63, 3.8) is 0 Å². The summed E-state index contributed by atoms with van der Waals surface area (Å²) in [6.45, 7) is 4.72. The van der Waals surface area contributed by atoms with E-state index in [0.29, 0.717) is 5.89 Å². The molecule has 4 heteroatoms. The van der Waals surface area contributed by atoms with Gasteiger partial charge in [-0.1, -0.05) is 141 Å². The summed E-state index contributed by atoms with van der Waals surface area (Å²) in [6, 6.07) is 72.5. The SMILES string of the molecule is CC1(C)c2ccccc2-c2ccc(N(c3cc(-c4ccccc4)cc(-c4ccccc4)c3)c3ccc4c(c3)c3c5oc(-c6ccccc6)nc5cc5c6ccccc6n4c53)cc21. The van der Waals surface area contributed by atoms with E-state index in [1.165, 1.54) is 49.7 Å². The molecule has 0 radical (unpaired) electrons. The predicted octanol–water partition coefficient (Wildman–Crippen LogP) is 15.8. The maximum absolute atomic E-state index is 6.84. The second-order valence-electron chi connectivity index (χ2n) is 17.2. The summed E-state index contributed by atoms with van der Waals surface area (Å²) in [7, 11) is 0. The van der Waals surface area contributed by atoms with E-state index < -0.39 is 0 Å². The lowest BCUT2D eigenvalue weighted by Gasteiger charge is -2.29. The van der Waals surface area contributed by atoms with Gasteiger partial charge in [0.05, 0.1) is 21.9 Å². The van der Waals surface area contributed by atoms with Crippen molar-refractivity contribution in [2.75, 3.05) is 4.90 Å². The number of oxazole rings is 1. The van der Waals surface area contributed by atoms with Gasteiger partial charge in [-0.2, -0.15) is 0 Å². The Morgan fingerprint density at radius 2 is 1.05 bits per heavy atom. The molecule has 0 saturated heterocycles. The van der Waals surface area contributed by atoms with Crippen LogP contribution in [0, 0.1) is 0 Å². The van der Waals surface area contributed by atoms with Gasteiger partial charge in [0.1, 0.15) is 5.52 Å². The quantitative estimate of drug-likeness (QED) is 0.168. The summed E-state index contributed by atoms with van der Waals surface area (Å²) in [6.07, 6.45) is 0. The van der Waals surface area contributed by atoms with Crippen LogP contribution in [0.1, 0.15) is 25.0 Å². The van der Waals surface area contributed by atoms with Crippen LogP contribution in [-0.4, -0.2) is 9.38 Å². The molecule has 0 unspecified atom stereocenters. The van der Waals surface area contributed by atoms with Gasteiger partial charge in [0.25, 0.3) is 0 Å². The number of para-hydroxylation sites is 1. The van der Waals surface area contributed by atoms with Crippen LogP contribution in [0.5, 0.6) is 0 Å². The Kier molecular flexibility index (Phi) is 7.32. The molecular weight excluding hydrogens is 755 g/mol. The van der Waals surface area contributed by atoms with Crippen molar-refractivity contribution in [3.05, 3.63) is 211 Å². The highest BCUT2D eigenvalue weighted by Crippen LogP contribution is 2.52. The van der Waals surface area contributed by atoms with Gasteiger partial charge in [0.2, 0.25) is 5.89 Å². The molecular formula is C58H39N3O. The van der Waals surface area contributed by atoms with Crippen LogP contribution >= 0.6 is 0 Å². The number of nitrogens with zero attached hydrogens (tertiary/aromatic N) is 3. The Morgan fingerprint density at radius 1 is 0.452 bits per heavy atom. The third-order valence-corrected chi connectivity index (χ3v) is 13.3. The molecule has 0 spiro atoms. The highest BCUT2D eigenvalue weighted by molar-refractivity contribution is 6.30. The van der Waals surface area contributed by atoms with Crippen LogP contribution < -0.4 is 4.90 Å². The first-order valence-electron chi connectivity index (χ1n) is 21.4. The number of aromatic nitrogens is 2. The number of hydrogen-bond acceptors (Lipinski definition) is 3. The first-order valence-corrected chi connectivity index (χ1v) is 21.4. The molecule has 0 bridgehead atoms. The van der Waals surface area contributed by atoms with E-state index in [1.54, 1.807) is 0 Å². The summed E-state index contributed by atoms with van der Waals surface area (Å²) in [4.78, 5) is 7.59. The maximum atomic E-state index is 6.84. The number of hydrogen-bond donors (Lipinski definition) is 0. The molecule has 13 rings (SSSR count). The highest BCUT2D eigenvalue weighted by atomic mass is 16.3. The third-order valence-electron chi connectivity index (χ3n) is 13.3. The first kappa shape index (κ1) is 34.9.